The minimum atomic E-state index is -0.312. The summed E-state index contributed by atoms with van der Waals surface area (Å²) in [6.07, 6.45) is 2.04. The van der Waals surface area contributed by atoms with Gasteiger partial charge in [0.25, 0.3) is 0 Å². The van der Waals surface area contributed by atoms with E-state index in [2.05, 4.69) is 20.7 Å². The summed E-state index contributed by atoms with van der Waals surface area (Å²) in [5.74, 6) is 1.22. The Morgan fingerprint density at radius 1 is 1.34 bits per heavy atom. The summed E-state index contributed by atoms with van der Waals surface area (Å²) in [4.78, 5) is 12.2. The van der Waals surface area contributed by atoms with E-state index in [1.807, 2.05) is 4.57 Å². The smallest absolute Gasteiger partial charge is 0.236 e. The fourth-order valence-electron chi connectivity index (χ4n) is 3.10. The highest BCUT2D eigenvalue weighted by molar-refractivity contribution is 7.99. The first-order chi connectivity index (χ1) is 14.1. The van der Waals surface area contributed by atoms with Crippen LogP contribution < -0.4 is 5.32 Å². The standard InChI is InChI=1S/C19H20FN5O3S/c1-12-9-16(24-28-12)21-17(26)11-29-19-23-22-18(13-4-6-14(20)7-5-13)25(19)10-15-3-2-8-27-15/h4-7,9,15H,2-3,8,10-11H2,1H3,(H,21,24,26)/t15-/m0/s1. The average Bonchev–Trinajstić information content (AvgIpc) is 3.44. The Morgan fingerprint density at radius 3 is 2.86 bits per heavy atom. The number of aryl methyl sites for hydroxylation is 1. The zero-order valence-electron chi connectivity index (χ0n) is 15.8. The number of aromatic nitrogens is 4. The molecule has 1 fully saturated rings. The maximum absolute atomic E-state index is 13.3. The monoisotopic (exact) mass is 417 g/mol. The fourth-order valence-corrected chi connectivity index (χ4v) is 3.85. The van der Waals surface area contributed by atoms with E-state index in [0.717, 1.165) is 25.0 Å². The van der Waals surface area contributed by atoms with Crippen molar-refractivity contribution in [3.8, 4) is 11.4 Å². The Morgan fingerprint density at radius 2 is 2.17 bits per heavy atom. The maximum Gasteiger partial charge on any atom is 0.236 e. The summed E-state index contributed by atoms with van der Waals surface area (Å²) in [5.41, 5.74) is 0.756. The van der Waals surface area contributed by atoms with E-state index >= 15 is 0 Å². The molecule has 8 nitrogen and oxygen atoms in total. The molecule has 1 saturated heterocycles. The third kappa shape index (κ3) is 4.83. The average molecular weight is 417 g/mol. The van der Waals surface area contributed by atoms with Crippen molar-refractivity contribution in [2.24, 2.45) is 0 Å². The first-order valence-electron chi connectivity index (χ1n) is 9.25. The van der Waals surface area contributed by atoms with Gasteiger partial charge in [-0.2, -0.15) is 0 Å². The lowest BCUT2D eigenvalue weighted by molar-refractivity contribution is -0.113. The zero-order valence-corrected chi connectivity index (χ0v) is 16.6. The van der Waals surface area contributed by atoms with E-state index in [-0.39, 0.29) is 23.6 Å². The van der Waals surface area contributed by atoms with Crippen molar-refractivity contribution in [3.05, 3.63) is 41.9 Å². The van der Waals surface area contributed by atoms with Crippen LogP contribution in [0.25, 0.3) is 11.4 Å². The number of carbonyl (C=O) groups is 1. The largest absolute Gasteiger partial charge is 0.376 e. The maximum atomic E-state index is 13.3. The van der Waals surface area contributed by atoms with Crippen LogP contribution in [0.4, 0.5) is 10.2 Å². The number of ether oxygens (including phenoxy) is 1. The van der Waals surface area contributed by atoms with Crippen LogP contribution in [-0.2, 0) is 16.1 Å². The first-order valence-corrected chi connectivity index (χ1v) is 10.2. The van der Waals surface area contributed by atoms with Gasteiger partial charge in [-0.15, -0.1) is 10.2 Å². The molecule has 2 aromatic heterocycles. The molecule has 3 heterocycles. The van der Waals surface area contributed by atoms with Gasteiger partial charge < -0.3 is 14.6 Å². The molecule has 4 rings (SSSR count). The van der Waals surface area contributed by atoms with Gasteiger partial charge in [0, 0.05) is 18.2 Å². The lowest BCUT2D eigenvalue weighted by Crippen LogP contribution is -2.18. The van der Waals surface area contributed by atoms with Gasteiger partial charge in [0.15, 0.2) is 16.8 Å². The van der Waals surface area contributed by atoms with Gasteiger partial charge in [0.1, 0.15) is 11.6 Å². The molecule has 1 aliphatic heterocycles. The highest BCUT2D eigenvalue weighted by atomic mass is 32.2. The minimum Gasteiger partial charge on any atom is -0.376 e. The first kappa shape index (κ1) is 19.6. The number of halogens is 1. The van der Waals surface area contributed by atoms with Crippen LogP contribution in [0.2, 0.25) is 0 Å². The van der Waals surface area contributed by atoms with E-state index in [9.17, 15) is 9.18 Å². The van der Waals surface area contributed by atoms with Gasteiger partial charge in [-0.3, -0.25) is 9.36 Å². The summed E-state index contributed by atoms with van der Waals surface area (Å²) in [7, 11) is 0. The van der Waals surface area contributed by atoms with Crippen molar-refractivity contribution in [1.29, 1.82) is 0 Å². The topological polar surface area (TPSA) is 95.1 Å². The highest BCUT2D eigenvalue weighted by Gasteiger charge is 2.22. The molecular formula is C19H20FN5O3S. The van der Waals surface area contributed by atoms with Gasteiger partial charge in [-0.25, -0.2) is 4.39 Å². The number of thioether (sulfide) groups is 1. The fraction of sp³-hybridized carbons (Fsp3) is 0.368. The van der Waals surface area contributed by atoms with Crippen LogP contribution in [0.5, 0.6) is 0 Å². The number of nitrogens with one attached hydrogen (secondary N) is 1. The second-order valence-corrected chi connectivity index (χ2v) is 7.66. The van der Waals surface area contributed by atoms with Crippen LogP contribution >= 0.6 is 11.8 Å². The molecule has 0 unspecified atom stereocenters. The Hall–Kier alpha value is -2.72. The number of nitrogens with zero attached hydrogens (tertiary/aromatic N) is 4. The van der Waals surface area contributed by atoms with Crippen LogP contribution in [0.15, 0.2) is 40.0 Å². The second-order valence-electron chi connectivity index (χ2n) is 6.72. The third-order valence-electron chi connectivity index (χ3n) is 4.46. The minimum absolute atomic E-state index is 0.0662. The van der Waals surface area contributed by atoms with Crippen molar-refractivity contribution in [3.63, 3.8) is 0 Å². The van der Waals surface area contributed by atoms with Crippen molar-refractivity contribution >= 4 is 23.5 Å². The molecule has 29 heavy (non-hydrogen) atoms. The van der Waals surface area contributed by atoms with Gasteiger partial charge in [0.2, 0.25) is 5.91 Å². The predicted molar refractivity (Wildman–Crippen MR) is 105 cm³/mol. The summed E-state index contributed by atoms with van der Waals surface area (Å²) < 4.78 is 25.9. The van der Waals surface area contributed by atoms with Gasteiger partial charge in [0.05, 0.1) is 18.4 Å². The Balaban J connectivity index is 1.50. The van der Waals surface area contributed by atoms with Crippen LogP contribution in [-0.4, -0.2) is 44.3 Å². The molecule has 0 radical (unpaired) electrons. The molecule has 1 amide bonds. The van der Waals surface area contributed by atoms with E-state index in [4.69, 9.17) is 9.26 Å². The number of anilines is 1. The summed E-state index contributed by atoms with van der Waals surface area (Å²) in [5, 5.41) is 15.6. The van der Waals surface area contributed by atoms with E-state index in [1.54, 1.807) is 25.1 Å². The molecule has 1 aliphatic rings. The molecule has 0 bridgehead atoms. The van der Waals surface area contributed by atoms with Gasteiger partial charge in [-0.1, -0.05) is 16.9 Å². The normalized spacial score (nSPS) is 16.3. The zero-order chi connectivity index (χ0) is 20.2. The lowest BCUT2D eigenvalue weighted by Gasteiger charge is -2.14. The van der Waals surface area contributed by atoms with Crippen molar-refractivity contribution in [2.75, 3.05) is 17.7 Å². The molecule has 1 aromatic carbocycles. The lowest BCUT2D eigenvalue weighted by atomic mass is 10.2. The van der Waals surface area contributed by atoms with Crippen molar-refractivity contribution in [1.82, 2.24) is 19.9 Å². The summed E-state index contributed by atoms with van der Waals surface area (Å²) >= 11 is 1.27. The molecule has 1 N–H and O–H groups in total. The number of amides is 1. The molecule has 10 heteroatoms. The Bertz CT molecular complexity index is 982. The molecule has 0 spiro atoms. The summed E-state index contributed by atoms with van der Waals surface area (Å²) in [6, 6.07) is 7.76. The summed E-state index contributed by atoms with van der Waals surface area (Å²) in [6.45, 7) is 3.06. The number of hydrogen-bond donors (Lipinski definition) is 1. The third-order valence-corrected chi connectivity index (χ3v) is 5.42. The molecule has 0 saturated carbocycles. The molecule has 1 atom stereocenters. The highest BCUT2D eigenvalue weighted by Crippen LogP contribution is 2.27. The SMILES string of the molecule is Cc1cc(NC(=O)CSc2nnc(-c3ccc(F)cc3)n2C[C@@H]2CCCO2)no1. The van der Waals surface area contributed by atoms with Gasteiger partial charge >= 0.3 is 0 Å². The van der Waals surface area contributed by atoms with Gasteiger partial charge in [-0.05, 0) is 44.0 Å². The van der Waals surface area contributed by atoms with E-state index in [0.29, 0.717) is 29.1 Å². The second kappa shape index (κ2) is 8.75. The number of hydrogen-bond acceptors (Lipinski definition) is 7. The van der Waals surface area contributed by atoms with Crippen LogP contribution in [0.3, 0.4) is 0 Å². The molecule has 0 aliphatic carbocycles. The van der Waals surface area contributed by atoms with Crippen molar-refractivity contribution in [2.45, 2.75) is 37.6 Å². The Labute approximate surface area is 170 Å². The van der Waals surface area contributed by atoms with Crippen molar-refractivity contribution < 1.29 is 18.4 Å². The molecule has 3 aromatic rings. The number of benzene rings is 1. The van der Waals surface area contributed by atoms with E-state index < -0.39 is 0 Å². The quantitative estimate of drug-likeness (QED) is 0.590. The number of rotatable bonds is 7. The van der Waals surface area contributed by atoms with Crippen LogP contribution in [0, 0.1) is 12.7 Å². The predicted octanol–water partition coefficient (Wildman–Crippen LogP) is 3.29. The number of carbonyl (C=O) groups excluding carboxylic acids is 1. The van der Waals surface area contributed by atoms with E-state index in [1.165, 1.54) is 23.9 Å². The van der Waals surface area contributed by atoms with Crippen LogP contribution in [0.1, 0.15) is 18.6 Å². The molecule has 152 valence electrons. The Kier molecular flexibility index (Phi) is 5.91. The molecular weight excluding hydrogens is 397 g/mol.